The lowest BCUT2D eigenvalue weighted by Gasteiger charge is -2.11. The van der Waals surface area contributed by atoms with Crippen molar-refractivity contribution < 1.29 is 13.9 Å². The number of methoxy groups -OCH3 is 1. The van der Waals surface area contributed by atoms with Gasteiger partial charge in [-0.05, 0) is 18.6 Å². The largest absolute Gasteiger partial charge is 0.494 e. The number of hydrogen-bond donors (Lipinski definition) is 2. The van der Waals surface area contributed by atoms with Crippen LogP contribution in [0.1, 0.15) is 13.3 Å². The lowest BCUT2D eigenvalue weighted by molar-refractivity contribution is -0.117. The molecule has 0 saturated carbocycles. The second kappa shape index (κ2) is 7.09. The number of nitrogens with one attached hydrogen (secondary N) is 1. The summed E-state index contributed by atoms with van der Waals surface area (Å²) in [5.74, 6) is -0.681. The van der Waals surface area contributed by atoms with Gasteiger partial charge in [-0.15, -0.1) is 12.4 Å². The molecule has 1 atom stereocenters. The Morgan fingerprint density at radius 3 is 2.76 bits per heavy atom. The predicted molar refractivity (Wildman–Crippen MR) is 67.1 cm³/mol. The normalized spacial score (nSPS) is 11.3. The summed E-state index contributed by atoms with van der Waals surface area (Å²) in [4.78, 5) is 11.5. The van der Waals surface area contributed by atoms with E-state index >= 15 is 0 Å². The highest BCUT2D eigenvalue weighted by atomic mass is 35.5. The van der Waals surface area contributed by atoms with Crippen LogP contribution in [0, 0.1) is 5.82 Å². The highest BCUT2D eigenvalue weighted by Crippen LogP contribution is 2.21. The first-order chi connectivity index (χ1) is 7.58. The maximum absolute atomic E-state index is 13.1. The second-order valence-electron chi connectivity index (χ2n) is 3.35. The minimum absolute atomic E-state index is 0. The van der Waals surface area contributed by atoms with Gasteiger partial charge < -0.3 is 15.8 Å². The third-order valence-corrected chi connectivity index (χ3v) is 2.20. The van der Waals surface area contributed by atoms with Crippen molar-refractivity contribution in [2.24, 2.45) is 5.73 Å². The molecule has 0 spiro atoms. The third kappa shape index (κ3) is 4.20. The van der Waals surface area contributed by atoms with E-state index in [4.69, 9.17) is 10.5 Å². The molecule has 3 N–H and O–H groups in total. The average molecular weight is 263 g/mol. The number of rotatable bonds is 4. The molecule has 1 aromatic rings. The molecule has 0 aromatic heterocycles. The molecule has 0 saturated heterocycles. The van der Waals surface area contributed by atoms with Gasteiger partial charge in [-0.3, -0.25) is 4.79 Å². The number of carbonyl (C=O) groups is 1. The maximum atomic E-state index is 13.1. The van der Waals surface area contributed by atoms with Crippen LogP contribution in [0.2, 0.25) is 0 Å². The molecule has 0 aliphatic rings. The smallest absolute Gasteiger partial charge is 0.241 e. The lowest BCUT2D eigenvalue weighted by atomic mass is 10.2. The van der Waals surface area contributed by atoms with Gasteiger partial charge in [0, 0.05) is 11.8 Å². The fourth-order valence-electron chi connectivity index (χ4n) is 1.16. The van der Waals surface area contributed by atoms with Gasteiger partial charge in [0.05, 0.1) is 13.2 Å². The van der Waals surface area contributed by atoms with Gasteiger partial charge in [-0.2, -0.15) is 0 Å². The van der Waals surface area contributed by atoms with Crippen LogP contribution in [0.25, 0.3) is 0 Å². The Morgan fingerprint density at radius 2 is 2.24 bits per heavy atom. The molecule has 1 aromatic carbocycles. The molecule has 0 unspecified atom stereocenters. The highest BCUT2D eigenvalue weighted by molar-refractivity contribution is 5.94. The fraction of sp³-hybridized carbons (Fsp3) is 0.364. The zero-order valence-corrected chi connectivity index (χ0v) is 10.5. The van der Waals surface area contributed by atoms with Gasteiger partial charge >= 0.3 is 0 Å². The van der Waals surface area contributed by atoms with Crippen molar-refractivity contribution in [2.75, 3.05) is 12.4 Å². The van der Waals surface area contributed by atoms with Crippen LogP contribution in [0.5, 0.6) is 5.75 Å². The zero-order chi connectivity index (χ0) is 12.1. The molecular weight excluding hydrogens is 247 g/mol. The number of hydrogen-bond acceptors (Lipinski definition) is 3. The Kier molecular flexibility index (Phi) is 6.53. The standard InChI is InChI=1S/C11H15FN2O2.ClH/c1-3-9(13)11(15)14-7-4-5-8(12)10(6-7)16-2;/h4-6,9H,3,13H2,1-2H3,(H,14,15);1H/t9-;/m0./s1. The molecule has 0 radical (unpaired) electrons. The van der Waals surface area contributed by atoms with Crippen molar-refractivity contribution in [3.8, 4) is 5.75 Å². The van der Waals surface area contributed by atoms with E-state index in [1.54, 1.807) is 0 Å². The summed E-state index contributed by atoms with van der Waals surface area (Å²) in [6.07, 6.45) is 0.546. The summed E-state index contributed by atoms with van der Waals surface area (Å²) in [7, 11) is 1.36. The monoisotopic (exact) mass is 262 g/mol. The second-order valence-corrected chi connectivity index (χ2v) is 3.35. The number of carbonyl (C=O) groups excluding carboxylic acids is 1. The van der Waals surface area contributed by atoms with Crippen LogP contribution in [0.3, 0.4) is 0 Å². The van der Waals surface area contributed by atoms with E-state index in [2.05, 4.69) is 5.32 Å². The van der Waals surface area contributed by atoms with Crippen LogP contribution in [0.4, 0.5) is 10.1 Å². The van der Waals surface area contributed by atoms with E-state index in [1.807, 2.05) is 6.92 Å². The van der Waals surface area contributed by atoms with Crippen molar-refractivity contribution in [2.45, 2.75) is 19.4 Å². The van der Waals surface area contributed by atoms with Gasteiger partial charge in [0.25, 0.3) is 0 Å². The van der Waals surface area contributed by atoms with E-state index in [-0.39, 0.29) is 24.1 Å². The number of nitrogens with two attached hydrogens (primary N) is 1. The fourth-order valence-corrected chi connectivity index (χ4v) is 1.16. The maximum Gasteiger partial charge on any atom is 0.241 e. The molecule has 1 amide bonds. The summed E-state index contributed by atoms with van der Waals surface area (Å²) in [5.41, 5.74) is 6.01. The average Bonchev–Trinajstić information content (AvgIpc) is 2.30. The molecule has 0 aliphatic carbocycles. The van der Waals surface area contributed by atoms with Crippen LogP contribution < -0.4 is 15.8 Å². The Morgan fingerprint density at radius 1 is 1.59 bits per heavy atom. The molecule has 1 rings (SSSR count). The number of amides is 1. The van der Waals surface area contributed by atoms with Gasteiger partial charge in [0.2, 0.25) is 5.91 Å². The number of halogens is 2. The van der Waals surface area contributed by atoms with Gasteiger partial charge in [0.1, 0.15) is 0 Å². The van der Waals surface area contributed by atoms with Crippen LogP contribution in [0.15, 0.2) is 18.2 Å². The summed E-state index contributed by atoms with van der Waals surface area (Å²) < 4.78 is 17.9. The van der Waals surface area contributed by atoms with Crippen molar-refractivity contribution in [3.05, 3.63) is 24.0 Å². The molecule has 4 nitrogen and oxygen atoms in total. The van der Waals surface area contributed by atoms with Gasteiger partial charge in [-0.1, -0.05) is 6.92 Å². The molecule has 17 heavy (non-hydrogen) atoms. The third-order valence-electron chi connectivity index (χ3n) is 2.20. The van der Waals surface area contributed by atoms with E-state index < -0.39 is 11.9 Å². The quantitative estimate of drug-likeness (QED) is 0.872. The van der Waals surface area contributed by atoms with E-state index in [9.17, 15) is 9.18 Å². The first-order valence-corrected chi connectivity index (χ1v) is 4.98. The number of benzene rings is 1. The molecule has 0 aliphatic heterocycles. The van der Waals surface area contributed by atoms with Crippen LogP contribution in [-0.4, -0.2) is 19.1 Å². The first-order valence-electron chi connectivity index (χ1n) is 4.98. The Balaban J connectivity index is 0.00000256. The summed E-state index contributed by atoms with van der Waals surface area (Å²) in [6, 6.07) is 3.54. The molecule has 96 valence electrons. The van der Waals surface area contributed by atoms with Crippen LogP contribution in [-0.2, 0) is 4.79 Å². The van der Waals surface area contributed by atoms with Crippen LogP contribution >= 0.6 is 12.4 Å². The van der Waals surface area contributed by atoms with E-state index in [1.165, 1.54) is 25.3 Å². The molecular formula is C11H16ClFN2O2. The Labute approximate surface area is 106 Å². The SMILES string of the molecule is CC[C@H](N)C(=O)Nc1ccc(F)c(OC)c1.Cl. The van der Waals surface area contributed by atoms with Gasteiger partial charge in [-0.25, -0.2) is 4.39 Å². The minimum Gasteiger partial charge on any atom is -0.494 e. The molecule has 6 heteroatoms. The summed E-state index contributed by atoms with van der Waals surface area (Å²) in [5, 5.41) is 2.58. The summed E-state index contributed by atoms with van der Waals surface area (Å²) in [6.45, 7) is 1.81. The molecule has 0 fully saturated rings. The Bertz CT molecular complexity index is 388. The van der Waals surface area contributed by atoms with Crippen molar-refractivity contribution >= 4 is 24.0 Å². The van der Waals surface area contributed by atoms with Gasteiger partial charge in [0.15, 0.2) is 11.6 Å². The summed E-state index contributed by atoms with van der Waals surface area (Å²) >= 11 is 0. The van der Waals surface area contributed by atoms with Crippen molar-refractivity contribution in [1.29, 1.82) is 0 Å². The van der Waals surface area contributed by atoms with Crippen molar-refractivity contribution in [3.63, 3.8) is 0 Å². The number of anilines is 1. The molecule has 0 bridgehead atoms. The highest BCUT2D eigenvalue weighted by Gasteiger charge is 2.12. The van der Waals surface area contributed by atoms with Crippen molar-refractivity contribution in [1.82, 2.24) is 0 Å². The Hall–Kier alpha value is -1.33. The number of ether oxygens (including phenoxy) is 1. The van der Waals surface area contributed by atoms with E-state index in [0.717, 1.165) is 0 Å². The zero-order valence-electron chi connectivity index (χ0n) is 9.70. The molecule has 0 heterocycles. The topological polar surface area (TPSA) is 64.4 Å². The van der Waals surface area contributed by atoms with E-state index in [0.29, 0.717) is 12.1 Å². The minimum atomic E-state index is -0.559. The lowest BCUT2D eigenvalue weighted by Crippen LogP contribution is -2.34. The predicted octanol–water partition coefficient (Wildman–Crippen LogP) is 1.93. The first kappa shape index (κ1) is 15.7.